The summed E-state index contributed by atoms with van der Waals surface area (Å²) in [5, 5.41) is 3.77. The van der Waals surface area contributed by atoms with Crippen LogP contribution in [0.3, 0.4) is 0 Å². The van der Waals surface area contributed by atoms with Crippen LogP contribution in [0, 0.1) is 11.2 Å². The Balaban J connectivity index is 0.000000425. The van der Waals surface area contributed by atoms with Crippen molar-refractivity contribution in [2.24, 2.45) is 0 Å². The van der Waals surface area contributed by atoms with Crippen LogP contribution in [-0.4, -0.2) is 10.2 Å². The maximum atomic E-state index is 11.7. The first-order valence-electron chi connectivity index (χ1n) is 9.45. The van der Waals surface area contributed by atoms with Gasteiger partial charge in [-0.2, -0.15) is 12.1 Å². The van der Waals surface area contributed by atoms with Gasteiger partial charge >= 0.3 is 25.8 Å². The topological polar surface area (TPSA) is 0 Å². The Morgan fingerprint density at radius 3 is 2.31 bits per heavy atom. The molecule has 0 saturated heterocycles. The number of fused-ring (bicyclic) bond motifs is 3. The summed E-state index contributed by atoms with van der Waals surface area (Å²) < 4.78 is 11.7. The van der Waals surface area contributed by atoms with E-state index in [1.165, 1.54) is 60.9 Å². The fraction of sp³-hybridized carbons (Fsp3) is 0.348. The maximum Gasteiger partial charge on any atom is 4.00 e. The van der Waals surface area contributed by atoms with Gasteiger partial charge in [0.25, 0.3) is 0 Å². The van der Waals surface area contributed by atoms with Crippen molar-refractivity contribution < 1.29 is 55.0 Å². The molecule has 2 aromatic carbocycles. The Morgan fingerprint density at radius 2 is 1.76 bits per heavy atom. The van der Waals surface area contributed by atoms with E-state index in [0.717, 1.165) is 12.0 Å². The van der Waals surface area contributed by atoms with Gasteiger partial charge in [0.05, 0.1) is 0 Å². The Morgan fingerprint density at radius 1 is 1.03 bits per heavy atom. The summed E-state index contributed by atoms with van der Waals surface area (Å²) >= 11 is 1.80. The number of thioether (sulfide) groups is 1. The molecule has 1 saturated carbocycles. The van der Waals surface area contributed by atoms with Crippen molar-refractivity contribution in [2.75, 3.05) is 0 Å². The van der Waals surface area contributed by atoms with Gasteiger partial charge in [0.1, 0.15) is 0 Å². The summed E-state index contributed by atoms with van der Waals surface area (Å²) in [6.45, 7) is 0. The van der Waals surface area contributed by atoms with Crippen molar-refractivity contribution in [3.8, 4) is 0 Å². The Bertz CT molecular complexity index is 743. The van der Waals surface area contributed by atoms with Gasteiger partial charge in [0.2, 0.25) is 0 Å². The van der Waals surface area contributed by atoms with Crippen LogP contribution in [0.1, 0.15) is 48.5 Å². The molecule has 2 aromatic rings. The first-order valence-corrected chi connectivity index (χ1v) is 11.1. The second-order valence-electron chi connectivity index (χ2n) is 7.01. The summed E-state index contributed by atoms with van der Waals surface area (Å²) in [5.41, 5.74) is 5.57. The molecule has 29 heavy (non-hydrogen) atoms. The van der Waals surface area contributed by atoms with E-state index < -0.39 is 0 Å². The van der Waals surface area contributed by atoms with E-state index in [2.05, 4.69) is 46.0 Å². The molecule has 0 amide bonds. The quantitative estimate of drug-likeness (QED) is 0.296. The molecule has 0 aromatic heterocycles. The van der Waals surface area contributed by atoms with Crippen LogP contribution in [0.5, 0.6) is 0 Å². The van der Waals surface area contributed by atoms with Gasteiger partial charge in [-0.25, -0.2) is 39.8 Å². The first kappa shape index (κ1) is 29.0. The van der Waals surface area contributed by atoms with E-state index in [9.17, 15) is 4.39 Å². The zero-order valence-electron chi connectivity index (χ0n) is 16.4. The van der Waals surface area contributed by atoms with Gasteiger partial charge in [0, 0.05) is 21.3 Å². The smallest absolute Gasteiger partial charge is 1.00 e. The minimum Gasteiger partial charge on any atom is -1.00 e. The summed E-state index contributed by atoms with van der Waals surface area (Å²) in [5.74, 6) is -0.157. The molecule has 0 N–H and O–H groups in total. The van der Waals surface area contributed by atoms with E-state index in [-0.39, 0.29) is 56.5 Å². The van der Waals surface area contributed by atoms with Crippen LogP contribution in [-0.2, 0) is 32.3 Å². The molecular weight excluding hydrogens is 605 g/mol. The normalized spacial score (nSPS) is 18.6. The van der Waals surface area contributed by atoms with Gasteiger partial charge in [-0.15, -0.1) is 11.6 Å². The molecular formula is C23H26Cl2FHfSSi. The molecule has 6 heteroatoms. The number of hydrogen-bond donors (Lipinski definition) is 0. The zero-order valence-corrected chi connectivity index (χ0v) is 23.8. The van der Waals surface area contributed by atoms with E-state index >= 15 is 0 Å². The van der Waals surface area contributed by atoms with Gasteiger partial charge in [-0.1, -0.05) is 61.9 Å². The standard InChI is InChI=1S/C12H9S.C6H13Si.C5H4F.2ClH.Hf/c1-2-6-11-9(4-1)8-10-5-3-7-13-12(10)11;7-6-4-2-1-3-5-6;6-5-3-1-2-4-5;;;/h1-6,12H,8H2;6H,1-5,7H2;1-4H;2*1H;/q-1;;-1;;;+4/p-2. The molecule has 2 aliphatic carbocycles. The van der Waals surface area contributed by atoms with Crippen molar-refractivity contribution in [1.82, 2.24) is 0 Å². The maximum absolute atomic E-state index is 11.7. The average Bonchev–Trinajstić information content (AvgIpc) is 3.30. The third-order valence-corrected chi connectivity index (χ3v) is 6.85. The van der Waals surface area contributed by atoms with Crippen LogP contribution >= 0.6 is 11.8 Å². The fourth-order valence-corrected chi connectivity index (χ4v) is 5.07. The van der Waals surface area contributed by atoms with Crippen LogP contribution in [0.25, 0.3) is 0 Å². The van der Waals surface area contributed by atoms with Gasteiger partial charge in [0.15, 0.2) is 0 Å². The van der Waals surface area contributed by atoms with Gasteiger partial charge in [-0.3, -0.25) is 0 Å². The van der Waals surface area contributed by atoms with Gasteiger partial charge in [-0.05, 0) is 17.5 Å². The number of rotatable bonds is 0. The van der Waals surface area contributed by atoms with E-state index in [0.29, 0.717) is 5.25 Å². The second kappa shape index (κ2) is 15.7. The van der Waals surface area contributed by atoms with E-state index in [4.69, 9.17) is 0 Å². The molecule has 1 radical (unpaired) electrons. The molecule has 3 aliphatic rings. The summed E-state index contributed by atoms with van der Waals surface area (Å²) in [4.78, 5) is 0. The molecule has 1 heterocycles. The Kier molecular flexibility index (Phi) is 15.7. The minimum absolute atomic E-state index is 0. The number of benzene rings is 1. The largest absolute Gasteiger partial charge is 4.00 e. The second-order valence-corrected chi connectivity index (χ2v) is 9.10. The monoisotopic (exact) mass is 631 g/mol. The third-order valence-electron chi connectivity index (χ3n) is 4.97. The summed E-state index contributed by atoms with van der Waals surface area (Å²) in [6.07, 6.45) is 12.9. The molecule has 0 nitrogen and oxygen atoms in total. The van der Waals surface area contributed by atoms with Crippen molar-refractivity contribution in [3.63, 3.8) is 0 Å². The summed E-state index contributed by atoms with van der Waals surface area (Å²) in [6, 6.07) is 14.9. The van der Waals surface area contributed by atoms with Crippen molar-refractivity contribution >= 4 is 22.0 Å². The fourth-order valence-electron chi connectivity index (χ4n) is 3.53. The molecule has 1 unspecified atom stereocenters. The predicted octanol–water partition coefficient (Wildman–Crippen LogP) is 0.196. The molecule has 1 atom stereocenters. The molecule has 5 rings (SSSR count). The zero-order chi connectivity index (χ0) is 18.2. The van der Waals surface area contributed by atoms with E-state index in [1.807, 2.05) is 6.08 Å². The predicted molar refractivity (Wildman–Crippen MR) is 114 cm³/mol. The van der Waals surface area contributed by atoms with Crippen LogP contribution < -0.4 is 24.8 Å². The third kappa shape index (κ3) is 9.35. The molecule has 0 bridgehead atoms. The van der Waals surface area contributed by atoms with Gasteiger partial charge < -0.3 is 24.8 Å². The van der Waals surface area contributed by atoms with Crippen molar-refractivity contribution in [1.29, 1.82) is 0 Å². The van der Waals surface area contributed by atoms with Crippen LogP contribution in [0.2, 0.25) is 5.54 Å². The van der Waals surface area contributed by atoms with Crippen molar-refractivity contribution in [3.05, 3.63) is 88.6 Å². The summed E-state index contributed by atoms with van der Waals surface area (Å²) in [7, 11) is 2.18. The average molecular weight is 631 g/mol. The number of allylic oxidation sites excluding steroid dienone is 2. The molecule has 153 valence electrons. The molecule has 1 fully saturated rings. The van der Waals surface area contributed by atoms with Crippen LogP contribution in [0.15, 0.2) is 66.3 Å². The number of halogens is 3. The van der Waals surface area contributed by atoms with Crippen molar-refractivity contribution in [2.45, 2.75) is 49.3 Å². The van der Waals surface area contributed by atoms with Crippen LogP contribution in [0.4, 0.5) is 4.39 Å². The molecule has 0 spiro atoms. The first-order chi connectivity index (χ1) is 12.7. The minimum atomic E-state index is -0.157. The van der Waals surface area contributed by atoms with E-state index in [1.54, 1.807) is 23.9 Å². The number of hydrogen-bond acceptors (Lipinski definition) is 1. The Hall–Kier alpha value is -0.00299. The Labute approximate surface area is 213 Å². The SMILES string of the molecule is Fc1ccc[cH-]1.[C-]1=CC=C2Cc3ccccc3C2S1.[Cl-].[Cl-].[Hf+4].[SiH2]C1CCCCC1. The molecule has 1 aliphatic heterocycles.